The van der Waals surface area contributed by atoms with Gasteiger partial charge in [0.1, 0.15) is 0 Å². The highest BCUT2D eigenvalue weighted by atomic mass is 19.3. The van der Waals surface area contributed by atoms with E-state index in [1.807, 2.05) is 24.3 Å². The molecule has 4 heteroatoms. The van der Waals surface area contributed by atoms with Crippen molar-refractivity contribution in [1.29, 1.82) is 0 Å². The highest BCUT2D eigenvalue weighted by Crippen LogP contribution is 2.41. The van der Waals surface area contributed by atoms with Crippen LogP contribution >= 0.6 is 0 Å². The first-order valence-electron chi connectivity index (χ1n) is 7.03. The summed E-state index contributed by atoms with van der Waals surface area (Å²) in [6.07, 6.45) is 4.45. The van der Waals surface area contributed by atoms with E-state index in [-0.39, 0.29) is 24.8 Å². The summed E-state index contributed by atoms with van der Waals surface area (Å²) in [7, 11) is 0. The third-order valence-corrected chi connectivity index (χ3v) is 4.34. The minimum Gasteiger partial charge on any atom is -0.324 e. The third kappa shape index (κ3) is 2.52. The van der Waals surface area contributed by atoms with Crippen LogP contribution in [0.5, 0.6) is 0 Å². The van der Waals surface area contributed by atoms with Gasteiger partial charge in [-0.2, -0.15) is 0 Å². The van der Waals surface area contributed by atoms with Crippen molar-refractivity contribution >= 4 is 10.8 Å². The summed E-state index contributed by atoms with van der Waals surface area (Å²) in [5, 5.41) is 2.12. The topological polar surface area (TPSA) is 38.9 Å². The number of pyridine rings is 1. The first kappa shape index (κ1) is 13.4. The van der Waals surface area contributed by atoms with Crippen LogP contribution in [0.2, 0.25) is 0 Å². The number of fused-ring (bicyclic) bond motifs is 1. The molecule has 1 fully saturated rings. The number of benzene rings is 1. The Hall–Kier alpha value is -1.55. The average molecular weight is 276 g/mol. The summed E-state index contributed by atoms with van der Waals surface area (Å²) in [6, 6.07) is 7.71. The number of alkyl halides is 2. The van der Waals surface area contributed by atoms with Gasteiger partial charge in [0.25, 0.3) is 0 Å². The molecule has 0 amide bonds. The number of nitrogens with two attached hydrogens (primary N) is 1. The first-order valence-corrected chi connectivity index (χ1v) is 7.03. The predicted octanol–water partition coefficient (Wildman–Crippen LogP) is 4.06. The van der Waals surface area contributed by atoms with Crippen molar-refractivity contribution in [2.45, 2.75) is 37.6 Å². The number of nitrogens with zero attached hydrogens (tertiary/aromatic N) is 1. The van der Waals surface area contributed by atoms with E-state index in [0.717, 1.165) is 16.3 Å². The Morgan fingerprint density at radius 1 is 1.20 bits per heavy atom. The normalized spacial score (nSPS) is 20.9. The van der Waals surface area contributed by atoms with E-state index in [2.05, 4.69) is 4.98 Å². The van der Waals surface area contributed by atoms with Gasteiger partial charge in [-0.3, -0.25) is 4.98 Å². The number of hydrogen-bond acceptors (Lipinski definition) is 2. The van der Waals surface area contributed by atoms with Gasteiger partial charge in [0.2, 0.25) is 5.92 Å². The van der Waals surface area contributed by atoms with Crippen LogP contribution in [0.1, 0.15) is 37.3 Å². The summed E-state index contributed by atoms with van der Waals surface area (Å²) >= 11 is 0. The molecule has 1 saturated carbocycles. The van der Waals surface area contributed by atoms with Gasteiger partial charge in [-0.1, -0.05) is 18.2 Å². The molecule has 1 atom stereocenters. The van der Waals surface area contributed by atoms with Crippen LogP contribution in [0.25, 0.3) is 10.8 Å². The Morgan fingerprint density at radius 2 is 1.95 bits per heavy atom. The summed E-state index contributed by atoms with van der Waals surface area (Å²) < 4.78 is 26.5. The molecule has 1 aliphatic rings. The van der Waals surface area contributed by atoms with Crippen LogP contribution < -0.4 is 5.73 Å². The lowest BCUT2D eigenvalue weighted by Gasteiger charge is -2.32. The molecule has 0 saturated heterocycles. The quantitative estimate of drug-likeness (QED) is 0.898. The fourth-order valence-corrected chi connectivity index (χ4v) is 3.11. The van der Waals surface area contributed by atoms with E-state index in [0.29, 0.717) is 12.8 Å². The van der Waals surface area contributed by atoms with E-state index < -0.39 is 5.92 Å². The Kier molecular flexibility index (Phi) is 3.42. The van der Waals surface area contributed by atoms with Gasteiger partial charge in [-0.05, 0) is 35.8 Å². The molecule has 3 rings (SSSR count). The van der Waals surface area contributed by atoms with Crippen LogP contribution in [0.15, 0.2) is 36.7 Å². The van der Waals surface area contributed by atoms with E-state index in [4.69, 9.17) is 5.73 Å². The molecule has 1 aromatic carbocycles. The van der Waals surface area contributed by atoms with E-state index in [9.17, 15) is 8.78 Å². The van der Waals surface area contributed by atoms with Crippen molar-refractivity contribution < 1.29 is 8.78 Å². The minimum atomic E-state index is -2.50. The zero-order valence-electron chi connectivity index (χ0n) is 11.2. The van der Waals surface area contributed by atoms with Crippen LogP contribution in [-0.4, -0.2) is 10.9 Å². The molecule has 0 bridgehead atoms. The lowest BCUT2D eigenvalue weighted by atomic mass is 9.79. The van der Waals surface area contributed by atoms with E-state index in [1.165, 1.54) is 0 Å². The van der Waals surface area contributed by atoms with E-state index in [1.54, 1.807) is 12.4 Å². The average Bonchev–Trinajstić information content (AvgIpc) is 2.46. The maximum atomic E-state index is 13.2. The molecule has 1 aromatic heterocycles. The molecule has 0 radical (unpaired) electrons. The van der Waals surface area contributed by atoms with Gasteiger partial charge < -0.3 is 5.73 Å². The molecule has 1 heterocycles. The van der Waals surface area contributed by atoms with Crippen molar-refractivity contribution in [1.82, 2.24) is 4.98 Å². The summed E-state index contributed by atoms with van der Waals surface area (Å²) in [4.78, 5) is 4.10. The van der Waals surface area contributed by atoms with Gasteiger partial charge in [0.15, 0.2) is 0 Å². The molecule has 20 heavy (non-hydrogen) atoms. The Morgan fingerprint density at radius 3 is 2.70 bits per heavy atom. The number of aromatic nitrogens is 1. The zero-order chi connectivity index (χ0) is 14.2. The molecule has 106 valence electrons. The molecule has 1 unspecified atom stereocenters. The highest BCUT2D eigenvalue weighted by molar-refractivity contribution is 5.85. The van der Waals surface area contributed by atoms with Crippen LogP contribution in [0.3, 0.4) is 0 Å². The second-order valence-corrected chi connectivity index (χ2v) is 5.66. The fourth-order valence-electron chi connectivity index (χ4n) is 3.11. The lowest BCUT2D eigenvalue weighted by molar-refractivity contribution is -0.0483. The largest absolute Gasteiger partial charge is 0.324 e. The molecule has 0 aliphatic heterocycles. The van der Waals surface area contributed by atoms with Gasteiger partial charge in [0.05, 0.1) is 0 Å². The summed E-state index contributed by atoms with van der Waals surface area (Å²) in [6.45, 7) is 0. The third-order valence-electron chi connectivity index (χ3n) is 4.34. The smallest absolute Gasteiger partial charge is 0.248 e. The first-order chi connectivity index (χ1) is 9.57. The van der Waals surface area contributed by atoms with Gasteiger partial charge >= 0.3 is 0 Å². The minimum absolute atomic E-state index is 0.0440. The van der Waals surface area contributed by atoms with Crippen molar-refractivity contribution in [3.63, 3.8) is 0 Å². The molecule has 2 nitrogen and oxygen atoms in total. The monoisotopic (exact) mass is 276 g/mol. The van der Waals surface area contributed by atoms with Gasteiger partial charge in [-0.25, -0.2) is 8.78 Å². The van der Waals surface area contributed by atoms with E-state index >= 15 is 0 Å². The standard InChI is InChI=1S/C16H18F2N2/c17-16(18)7-4-11(5-8-16)15(19)14-3-1-2-12-10-20-9-6-13(12)14/h1-3,6,9-11,15H,4-5,7-8,19H2. The molecular formula is C16H18F2N2. The van der Waals surface area contributed by atoms with Crippen LogP contribution in [-0.2, 0) is 0 Å². The number of rotatable bonds is 2. The molecular weight excluding hydrogens is 258 g/mol. The van der Waals surface area contributed by atoms with Crippen molar-refractivity contribution in [2.24, 2.45) is 11.7 Å². The fraction of sp³-hybridized carbons (Fsp3) is 0.438. The Balaban J connectivity index is 1.88. The van der Waals surface area contributed by atoms with Gasteiger partial charge in [-0.15, -0.1) is 0 Å². The highest BCUT2D eigenvalue weighted by Gasteiger charge is 2.37. The van der Waals surface area contributed by atoms with Gasteiger partial charge in [0, 0.05) is 36.7 Å². The molecule has 0 spiro atoms. The predicted molar refractivity (Wildman–Crippen MR) is 75.6 cm³/mol. The number of hydrogen-bond donors (Lipinski definition) is 1. The molecule has 2 aromatic rings. The second kappa shape index (κ2) is 5.09. The maximum absolute atomic E-state index is 13.2. The van der Waals surface area contributed by atoms with Crippen molar-refractivity contribution in [2.75, 3.05) is 0 Å². The SMILES string of the molecule is NC(c1cccc2cnccc12)C1CCC(F)(F)CC1. The number of halogens is 2. The zero-order valence-corrected chi connectivity index (χ0v) is 11.2. The van der Waals surface area contributed by atoms with Crippen molar-refractivity contribution in [3.8, 4) is 0 Å². The summed E-state index contributed by atoms with van der Waals surface area (Å²) in [5.74, 6) is -2.37. The second-order valence-electron chi connectivity index (χ2n) is 5.66. The summed E-state index contributed by atoms with van der Waals surface area (Å²) in [5.41, 5.74) is 7.40. The van der Waals surface area contributed by atoms with Crippen LogP contribution in [0.4, 0.5) is 8.78 Å². The maximum Gasteiger partial charge on any atom is 0.248 e. The molecule has 2 N–H and O–H groups in total. The van der Waals surface area contributed by atoms with Crippen LogP contribution in [0, 0.1) is 5.92 Å². The molecule has 1 aliphatic carbocycles. The van der Waals surface area contributed by atoms with Crippen molar-refractivity contribution in [3.05, 3.63) is 42.2 Å². The Labute approximate surface area is 117 Å². The Bertz CT molecular complexity index is 597. The lowest BCUT2D eigenvalue weighted by Crippen LogP contribution is -2.31.